The highest BCUT2D eigenvalue weighted by atomic mass is 16.1. The summed E-state index contributed by atoms with van der Waals surface area (Å²) in [5.74, 6) is -0.285. The van der Waals surface area contributed by atoms with E-state index in [9.17, 15) is 4.79 Å². The standard InChI is InChI=1S/C14H21N3O.C2H6/c1-3-12-5-7-13(8-6-12)16-9-10-17(4-2)11-14(15)18;1-2/h3,5-8,16H,1,4,9-11H2,2H3,(H2,15,18);1-2H3. The first-order valence-corrected chi connectivity index (χ1v) is 7.12. The average Bonchev–Trinajstić information content (AvgIpc) is 2.48. The molecule has 0 unspecified atom stereocenters. The lowest BCUT2D eigenvalue weighted by Gasteiger charge is -2.18. The molecular formula is C16H27N3O. The van der Waals surface area contributed by atoms with Crippen LogP contribution in [-0.2, 0) is 4.79 Å². The van der Waals surface area contributed by atoms with Gasteiger partial charge in [-0.2, -0.15) is 0 Å². The molecule has 3 N–H and O–H groups in total. The van der Waals surface area contributed by atoms with Crippen molar-refractivity contribution in [3.05, 3.63) is 36.4 Å². The van der Waals surface area contributed by atoms with Gasteiger partial charge in [0.1, 0.15) is 0 Å². The van der Waals surface area contributed by atoms with Crippen LogP contribution >= 0.6 is 0 Å². The zero-order valence-electron chi connectivity index (χ0n) is 12.9. The van der Waals surface area contributed by atoms with Gasteiger partial charge in [0.25, 0.3) is 0 Å². The molecular weight excluding hydrogens is 250 g/mol. The number of carbonyl (C=O) groups is 1. The first-order chi connectivity index (χ1) is 9.65. The van der Waals surface area contributed by atoms with Gasteiger partial charge >= 0.3 is 0 Å². The van der Waals surface area contributed by atoms with Crippen molar-refractivity contribution >= 4 is 17.7 Å². The van der Waals surface area contributed by atoms with Gasteiger partial charge in [0.05, 0.1) is 6.54 Å². The molecule has 1 aromatic carbocycles. The van der Waals surface area contributed by atoms with Crippen molar-refractivity contribution in [1.29, 1.82) is 0 Å². The van der Waals surface area contributed by atoms with Crippen molar-refractivity contribution in [2.24, 2.45) is 5.73 Å². The maximum absolute atomic E-state index is 10.8. The van der Waals surface area contributed by atoms with Gasteiger partial charge in [-0.15, -0.1) is 0 Å². The number of hydrogen-bond donors (Lipinski definition) is 2. The van der Waals surface area contributed by atoms with Gasteiger partial charge in [-0.3, -0.25) is 9.69 Å². The van der Waals surface area contributed by atoms with Crippen LogP contribution < -0.4 is 11.1 Å². The number of anilines is 1. The van der Waals surface area contributed by atoms with E-state index in [1.54, 1.807) is 0 Å². The topological polar surface area (TPSA) is 58.4 Å². The van der Waals surface area contributed by atoms with E-state index in [1.165, 1.54) is 0 Å². The predicted octanol–water partition coefficient (Wildman–Crippen LogP) is 2.57. The first kappa shape index (κ1) is 18.2. The Morgan fingerprint density at radius 2 is 1.95 bits per heavy atom. The monoisotopic (exact) mass is 277 g/mol. The fraction of sp³-hybridized carbons (Fsp3) is 0.438. The summed E-state index contributed by atoms with van der Waals surface area (Å²) in [7, 11) is 0. The smallest absolute Gasteiger partial charge is 0.231 e. The Hall–Kier alpha value is -1.81. The minimum atomic E-state index is -0.285. The van der Waals surface area contributed by atoms with Crippen molar-refractivity contribution in [2.45, 2.75) is 20.8 Å². The lowest BCUT2D eigenvalue weighted by atomic mass is 10.2. The van der Waals surface area contributed by atoms with Crippen LogP contribution in [0.1, 0.15) is 26.3 Å². The molecule has 4 heteroatoms. The Labute approximate surface area is 122 Å². The van der Waals surface area contributed by atoms with Gasteiger partial charge in [-0.25, -0.2) is 0 Å². The number of amides is 1. The second-order valence-corrected chi connectivity index (χ2v) is 4.09. The largest absolute Gasteiger partial charge is 0.384 e. The van der Waals surface area contributed by atoms with Gasteiger partial charge < -0.3 is 11.1 Å². The lowest BCUT2D eigenvalue weighted by molar-refractivity contribution is -0.119. The van der Waals surface area contributed by atoms with Gasteiger partial charge in [0.15, 0.2) is 0 Å². The third-order valence-corrected chi connectivity index (χ3v) is 2.73. The van der Waals surface area contributed by atoms with E-state index in [0.29, 0.717) is 6.54 Å². The van der Waals surface area contributed by atoms with Crippen molar-refractivity contribution in [1.82, 2.24) is 4.90 Å². The number of nitrogens with two attached hydrogens (primary N) is 1. The van der Waals surface area contributed by atoms with Gasteiger partial charge in [-0.1, -0.05) is 45.6 Å². The molecule has 0 radical (unpaired) electrons. The Balaban J connectivity index is 0.00000172. The van der Waals surface area contributed by atoms with E-state index in [-0.39, 0.29) is 5.91 Å². The SMILES string of the molecule is C=Cc1ccc(NCCN(CC)CC(N)=O)cc1.CC. The number of nitrogens with zero attached hydrogens (tertiary/aromatic N) is 1. The summed E-state index contributed by atoms with van der Waals surface area (Å²) in [5, 5.41) is 3.31. The molecule has 0 aliphatic heterocycles. The third kappa shape index (κ3) is 7.59. The summed E-state index contributed by atoms with van der Waals surface area (Å²) >= 11 is 0. The number of rotatable bonds is 8. The molecule has 0 aliphatic carbocycles. The molecule has 20 heavy (non-hydrogen) atoms. The molecule has 0 spiro atoms. The number of likely N-dealkylation sites (N-methyl/N-ethyl adjacent to an activating group) is 1. The van der Waals surface area contributed by atoms with E-state index in [1.807, 2.05) is 56.0 Å². The van der Waals surface area contributed by atoms with E-state index >= 15 is 0 Å². The summed E-state index contributed by atoms with van der Waals surface area (Å²) < 4.78 is 0. The Bertz CT molecular complexity index is 387. The van der Waals surface area contributed by atoms with E-state index in [2.05, 4.69) is 11.9 Å². The minimum absolute atomic E-state index is 0.285. The summed E-state index contributed by atoms with van der Waals surface area (Å²) in [4.78, 5) is 12.8. The molecule has 4 nitrogen and oxygen atoms in total. The van der Waals surface area contributed by atoms with Crippen molar-refractivity contribution < 1.29 is 4.79 Å². The Morgan fingerprint density at radius 3 is 2.40 bits per heavy atom. The van der Waals surface area contributed by atoms with Crippen LogP contribution in [0.15, 0.2) is 30.8 Å². The van der Waals surface area contributed by atoms with Crippen LogP contribution in [0.25, 0.3) is 6.08 Å². The third-order valence-electron chi connectivity index (χ3n) is 2.73. The number of hydrogen-bond acceptors (Lipinski definition) is 3. The first-order valence-electron chi connectivity index (χ1n) is 7.12. The molecule has 0 saturated carbocycles. The Kier molecular flexibility index (Phi) is 10.1. The predicted molar refractivity (Wildman–Crippen MR) is 87.7 cm³/mol. The molecule has 0 heterocycles. The number of nitrogens with one attached hydrogen (secondary N) is 1. The molecule has 0 atom stereocenters. The minimum Gasteiger partial charge on any atom is -0.384 e. The van der Waals surface area contributed by atoms with Crippen molar-refractivity contribution in [3.63, 3.8) is 0 Å². The number of carbonyl (C=O) groups excluding carboxylic acids is 1. The summed E-state index contributed by atoms with van der Waals surface area (Å²) in [6.07, 6.45) is 1.81. The normalized spacial score (nSPS) is 9.60. The van der Waals surface area contributed by atoms with Crippen LogP contribution in [-0.4, -0.2) is 37.0 Å². The second-order valence-electron chi connectivity index (χ2n) is 4.09. The van der Waals surface area contributed by atoms with Crippen LogP contribution in [0.5, 0.6) is 0 Å². The molecule has 0 bridgehead atoms. The van der Waals surface area contributed by atoms with Crippen LogP contribution in [0.4, 0.5) is 5.69 Å². The molecule has 0 fully saturated rings. The second kappa shape index (κ2) is 11.1. The highest BCUT2D eigenvalue weighted by Crippen LogP contribution is 2.09. The summed E-state index contributed by atoms with van der Waals surface area (Å²) in [5.41, 5.74) is 7.34. The molecule has 1 rings (SSSR count). The zero-order valence-corrected chi connectivity index (χ0v) is 12.9. The van der Waals surface area contributed by atoms with Crippen molar-refractivity contribution in [2.75, 3.05) is 31.5 Å². The highest BCUT2D eigenvalue weighted by Gasteiger charge is 2.04. The fourth-order valence-electron chi connectivity index (χ4n) is 1.66. The fourth-order valence-corrected chi connectivity index (χ4v) is 1.66. The lowest BCUT2D eigenvalue weighted by Crippen LogP contribution is -2.36. The molecule has 112 valence electrons. The molecule has 1 amide bonds. The Morgan fingerprint density at radius 1 is 1.35 bits per heavy atom. The summed E-state index contributed by atoms with van der Waals surface area (Å²) in [6, 6.07) is 8.05. The quantitative estimate of drug-likeness (QED) is 0.768. The van der Waals surface area contributed by atoms with Crippen LogP contribution in [0.3, 0.4) is 0 Å². The maximum atomic E-state index is 10.8. The van der Waals surface area contributed by atoms with E-state index in [4.69, 9.17) is 5.73 Å². The van der Waals surface area contributed by atoms with Crippen LogP contribution in [0.2, 0.25) is 0 Å². The number of benzene rings is 1. The van der Waals surface area contributed by atoms with Gasteiger partial charge in [0.2, 0.25) is 5.91 Å². The molecule has 1 aromatic rings. The van der Waals surface area contributed by atoms with Crippen LogP contribution in [0, 0.1) is 0 Å². The number of primary amides is 1. The average molecular weight is 277 g/mol. The zero-order chi connectivity index (χ0) is 15.4. The maximum Gasteiger partial charge on any atom is 0.231 e. The van der Waals surface area contributed by atoms with Crippen molar-refractivity contribution in [3.8, 4) is 0 Å². The van der Waals surface area contributed by atoms with Gasteiger partial charge in [0, 0.05) is 18.8 Å². The van der Waals surface area contributed by atoms with Gasteiger partial charge in [-0.05, 0) is 24.2 Å². The molecule has 0 aromatic heterocycles. The highest BCUT2D eigenvalue weighted by molar-refractivity contribution is 5.75. The van der Waals surface area contributed by atoms with E-state index < -0.39 is 0 Å². The van der Waals surface area contributed by atoms with E-state index in [0.717, 1.165) is 30.9 Å². The molecule has 0 saturated heterocycles. The molecule has 0 aliphatic rings. The summed E-state index contributed by atoms with van der Waals surface area (Å²) in [6.45, 7) is 12.4.